The summed E-state index contributed by atoms with van der Waals surface area (Å²) in [6, 6.07) is 19.3. The van der Waals surface area contributed by atoms with Crippen molar-refractivity contribution in [2.75, 3.05) is 16.8 Å². The molecule has 0 bridgehead atoms. The lowest BCUT2D eigenvalue weighted by Crippen LogP contribution is -2.55. The molecule has 3 aliphatic rings. The lowest BCUT2D eigenvalue weighted by molar-refractivity contribution is -0.134. The van der Waals surface area contributed by atoms with Gasteiger partial charge in [0, 0.05) is 24.2 Å². The molecule has 3 aromatic carbocycles. The van der Waals surface area contributed by atoms with E-state index in [2.05, 4.69) is 70.4 Å². The van der Waals surface area contributed by atoms with Gasteiger partial charge in [-0.15, -0.1) is 0 Å². The molecule has 6 rings (SSSR count). The number of nitrogens with zero attached hydrogens (tertiary/aromatic N) is 2. The van der Waals surface area contributed by atoms with Crippen molar-refractivity contribution in [1.29, 1.82) is 0 Å². The van der Waals surface area contributed by atoms with Gasteiger partial charge in [-0.3, -0.25) is 9.59 Å². The molecule has 180 valence electrons. The van der Waals surface area contributed by atoms with Gasteiger partial charge in [-0.25, -0.2) is 5.43 Å². The molecule has 3 N–H and O–H groups in total. The van der Waals surface area contributed by atoms with Crippen LogP contribution in [0.4, 0.5) is 11.4 Å². The molecular weight excluding hydrogens is 444 g/mol. The van der Waals surface area contributed by atoms with Crippen LogP contribution in [0.5, 0.6) is 5.75 Å². The van der Waals surface area contributed by atoms with Crippen LogP contribution in [0.25, 0.3) is 21.9 Å². The van der Waals surface area contributed by atoms with E-state index in [9.17, 15) is 4.79 Å². The number of fused-ring (bicyclic) bond motifs is 4. The molecule has 0 spiro atoms. The number of amides is 1. The molecule has 8 heteroatoms. The summed E-state index contributed by atoms with van der Waals surface area (Å²) >= 11 is 0. The predicted molar refractivity (Wildman–Crippen MR) is 137 cm³/mol. The Morgan fingerprint density at radius 2 is 1.89 bits per heavy atom. The first-order valence-electron chi connectivity index (χ1n) is 11.8. The Morgan fingerprint density at radius 1 is 1.14 bits per heavy atom. The topological polar surface area (TPSA) is 103 Å². The SMILES string of the molecule is CC(=O)O.CC1C(=O)NN=C2COc3cc(-c4cccc5ccccc45)c(NC4CCC4)cc3N21. The maximum absolute atomic E-state index is 12.3. The number of hydrogen-bond donors (Lipinski definition) is 3. The van der Waals surface area contributed by atoms with E-state index in [-0.39, 0.29) is 11.9 Å². The molecule has 0 aromatic heterocycles. The second-order valence-electron chi connectivity index (χ2n) is 9.02. The standard InChI is InChI=1S/C25H24N4O2.C2H4O2/c1-15-25(30)28-27-24-14-31-23-12-20(19-11-4-7-16-6-2-3-10-18(16)19)21(13-22(23)29(15)24)26-17-8-5-9-17;1-2(3)4/h2-4,6-7,10-13,15,17,26H,5,8-9,14H2,1H3,(H,28,30);1H3,(H,3,4). The normalized spacial score (nSPS) is 18.6. The summed E-state index contributed by atoms with van der Waals surface area (Å²) < 4.78 is 6.10. The molecule has 1 unspecified atom stereocenters. The van der Waals surface area contributed by atoms with Gasteiger partial charge < -0.3 is 20.1 Å². The Morgan fingerprint density at radius 3 is 2.63 bits per heavy atom. The van der Waals surface area contributed by atoms with E-state index >= 15 is 0 Å². The van der Waals surface area contributed by atoms with Crippen LogP contribution in [0.2, 0.25) is 0 Å². The van der Waals surface area contributed by atoms with E-state index in [0.29, 0.717) is 12.6 Å². The number of benzene rings is 3. The Hall–Kier alpha value is -4.07. The Labute approximate surface area is 203 Å². The molecule has 2 heterocycles. The number of carbonyl (C=O) groups excluding carboxylic acids is 1. The molecule has 1 fully saturated rings. The van der Waals surface area contributed by atoms with E-state index in [1.807, 2.05) is 11.8 Å². The van der Waals surface area contributed by atoms with Gasteiger partial charge in [0.1, 0.15) is 18.4 Å². The number of rotatable bonds is 3. The quantitative estimate of drug-likeness (QED) is 0.515. The molecular formula is C27H28N4O4. The zero-order valence-corrected chi connectivity index (χ0v) is 19.7. The summed E-state index contributed by atoms with van der Waals surface area (Å²) in [4.78, 5) is 23.3. The van der Waals surface area contributed by atoms with Crippen LogP contribution in [0.1, 0.15) is 33.1 Å². The molecule has 8 nitrogen and oxygen atoms in total. The highest BCUT2D eigenvalue weighted by molar-refractivity contribution is 6.10. The van der Waals surface area contributed by atoms with Crippen LogP contribution in [0, 0.1) is 0 Å². The Balaban J connectivity index is 0.000000591. The number of amidine groups is 1. The molecule has 1 amide bonds. The van der Waals surface area contributed by atoms with Crippen molar-refractivity contribution in [1.82, 2.24) is 5.43 Å². The van der Waals surface area contributed by atoms with Crippen LogP contribution in [0.3, 0.4) is 0 Å². The fourth-order valence-electron chi connectivity index (χ4n) is 4.65. The average Bonchev–Trinajstić information content (AvgIpc) is 2.82. The van der Waals surface area contributed by atoms with Crippen LogP contribution in [-0.2, 0) is 9.59 Å². The summed E-state index contributed by atoms with van der Waals surface area (Å²) in [6.07, 6.45) is 3.62. The number of carboxylic acids is 1. The monoisotopic (exact) mass is 472 g/mol. The molecule has 2 aliphatic heterocycles. The number of carboxylic acid groups (broad SMARTS) is 1. The van der Waals surface area contributed by atoms with E-state index in [1.165, 1.54) is 35.6 Å². The third kappa shape index (κ3) is 4.39. The van der Waals surface area contributed by atoms with Crippen molar-refractivity contribution in [2.45, 2.75) is 45.2 Å². The fourth-order valence-corrected chi connectivity index (χ4v) is 4.65. The first-order valence-corrected chi connectivity index (χ1v) is 11.8. The van der Waals surface area contributed by atoms with Crippen LogP contribution in [0.15, 0.2) is 59.7 Å². The lowest BCUT2D eigenvalue weighted by atomic mass is 9.91. The smallest absolute Gasteiger partial charge is 0.300 e. The second-order valence-corrected chi connectivity index (χ2v) is 9.02. The van der Waals surface area contributed by atoms with E-state index in [1.54, 1.807) is 0 Å². The summed E-state index contributed by atoms with van der Waals surface area (Å²) in [5, 5.41) is 17.8. The van der Waals surface area contributed by atoms with Crippen molar-refractivity contribution in [2.24, 2.45) is 5.10 Å². The number of carbonyl (C=O) groups is 2. The van der Waals surface area contributed by atoms with E-state index < -0.39 is 5.97 Å². The van der Waals surface area contributed by atoms with Crippen molar-refractivity contribution in [3.8, 4) is 16.9 Å². The number of hydrazone groups is 1. The van der Waals surface area contributed by atoms with Crippen LogP contribution in [-0.4, -0.2) is 41.5 Å². The number of nitrogens with one attached hydrogen (secondary N) is 2. The van der Waals surface area contributed by atoms with Gasteiger partial charge >= 0.3 is 0 Å². The lowest BCUT2D eigenvalue weighted by Gasteiger charge is -2.39. The third-order valence-corrected chi connectivity index (χ3v) is 6.60. The summed E-state index contributed by atoms with van der Waals surface area (Å²) in [5.41, 5.74) is 6.85. The second kappa shape index (κ2) is 9.29. The van der Waals surface area contributed by atoms with Gasteiger partial charge in [-0.1, -0.05) is 42.5 Å². The predicted octanol–water partition coefficient (Wildman–Crippen LogP) is 4.59. The molecule has 1 atom stereocenters. The van der Waals surface area contributed by atoms with Crippen molar-refractivity contribution in [3.05, 3.63) is 54.6 Å². The molecule has 1 aliphatic carbocycles. The molecule has 3 aromatic rings. The summed E-state index contributed by atoms with van der Waals surface area (Å²) in [7, 11) is 0. The Bertz CT molecular complexity index is 1320. The summed E-state index contributed by atoms with van der Waals surface area (Å²) in [5.74, 6) is 0.568. The highest BCUT2D eigenvalue weighted by atomic mass is 16.5. The number of ether oxygens (including phenoxy) is 1. The van der Waals surface area contributed by atoms with Gasteiger partial charge in [-0.05, 0) is 54.7 Å². The number of aliphatic carboxylic acids is 1. The molecule has 1 saturated carbocycles. The summed E-state index contributed by atoms with van der Waals surface area (Å²) in [6.45, 7) is 3.32. The van der Waals surface area contributed by atoms with Crippen molar-refractivity contribution in [3.63, 3.8) is 0 Å². The molecule has 0 saturated heterocycles. The minimum absolute atomic E-state index is 0.108. The van der Waals surface area contributed by atoms with Crippen molar-refractivity contribution < 1.29 is 19.4 Å². The average molecular weight is 473 g/mol. The van der Waals surface area contributed by atoms with E-state index in [4.69, 9.17) is 14.6 Å². The maximum atomic E-state index is 12.3. The highest BCUT2D eigenvalue weighted by Gasteiger charge is 2.36. The zero-order chi connectivity index (χ0) is 24.5. The first-order chi connectivity index (χ1) is 16.9. The number of hydrogen-bond acceptors (Lipinski definition) is 6. The van der Waals surface area contributed by atoms with Gasteiger partial charge in [0.05, 0.1) is 5.69 Å². The largest absolute Gasteiger partial charge is 0.483 e. The van der Waals surface area contributed by atoms with E-state index in [0.717, 1.165) is 35.4 Å². The molecule has 35 heavy (non-hydrogen) atoms. The zero-order valence-electron chi connectivity index (χ0n) is 19.7. The van der Waals surface area contributed by atoms with Gasteiger partial charge in [0.25, 0.3) is 11.9 Å². The minimum Gasteiger partial charge on any atom is -0.483 e. The van der Waals surface area contributed by atoms with Crippen LogP contribution >= 0.6 is 0 Å². The minimum atomic E-state index is -0.833. The van der Waals surface area contributed by atoms with Crippen molar-refractivity contribution >= 4 is 39.9 Å². The third-order valence-electron chi connectivity index (χ3n) is 6.60. The first kappa shape index (κ1) is 22.7. The maximum Gasteiger partial charge on any atom is 0.300 e. The van der Waals surface area contributed by atoms with Gasteiger partial charge in [-0.2, -0.15) is 5.10 Å². The highest BCUT2D eigenvalue weighted by Crippen LogP contribution is 2.45. The van der Waals surface area contributed by atoms with Gasteiger partial charge in [0.15, 0.2) is 5.84 Å². The number of anilines is 2. The Kier molecular flexibility index (Phi) is 6.03. The van der Waals surface area contributed by atoms with Crippen LogP contribution < -0.4 is 20.4 Å². The fraction of sp³-hybridized carbons (Fsp3) is 0.296. The van der Waals surface area contributed by atoms with Gasteiger partial charge in [0.2, 0.25) is 0 Å². The molecule has 0 radical (unpaired) electrons.